The Morgan fingerprint density at radius 1 is 1.06 bits per heavy atom. The van der Waals surface area contributed by atoms with Crippen molar-refractivity contribution in [2.24, 2.45) is 0 Å². The summed E-state index contributed by atoms with van der Waals surface area (Å²) in [6.07, 6.45) is 5.16. The fourth-order valence-corrected chi connectivity index (χ4v) is 1.51. The number of hydrogen-bond donors (Lipinski definition) is 0. The topological polar surface area (TPSA) is 56.5 Å². The van der Waals surface area contributed by atoms with E-state index < -0.39 is 0 Å². The fourth-order valence-electron chi connectivity index (χ4n) is 1.51. The van der Waals surface area contributed by atoms with Crippen LogP contribution in [0.2, 0.25) is 0 Å². The van der Waals surface area contributed by atoms with Gasteiger partial charge in [-0.05, 0) is 25.1 Å². The Bertz CT molecular complexity index is 643. The average Bonchev–Trinajstić information content (AvgIpc) is 2.75. The molecular weight excluding hydrogens is 202 g/mol. The number of fused-ring (bicyclic) bond motifs is 1. The van der Waals surface area contributed by atoms with E-state index in [1.54, 1.807) is 17.1 Å². The number of aryl methyl sites for hydroxylation is 1. The van der Waals surface area contributed by atoms with Crippen molar-refractivity contribution in [3.8, 4) is 5.82 Å². The molecule has 16 heavy (non-hydrogen) atoms. The Morgan fingerprint density at radius 3 is 2.75 bits per heavy atom. The van der Waals surface area contributed by atoms with Gasteiger partial charge in [0.2, 0.25) is 0 Å². The van der Waals surface area contributed by atoms with Gasteiger partial charge in [-0.3, -0.25) is 4.98 Å². The molecule has 3 rings (SSSR count). The molecule has 0 aliphatic carbocycles. The molecule has 0 aliphatic rings. The Balaban J connectivity index is 2.18. The van der Waals surface area contributed by atoms with E-state index in [9.17, 15) is 0 Å². The molecule has 0 fully saturated rings. The van der Waals surface area contributed by atoms with Gasteiger partial charge in [-0.25, -0.2) is 14.6 Å². The van der Waals surface area contributed by atoms with E-state index in [0.717, 1.165) is 17.0 Å². The molecule has 0 saturated heterocycles. The molecule has 78 valence electrons. The SMILES string of the molecule is Cc1ccn(-c2ccc3nccnc3n2)n1. The maximum absolute atomic E-state index is 4.39. The van der Waals surface area contributed by atoms with Crippen LogP contribution >= 0.6 is 0 Å². The van der Waals surface area contributed by atoms with Crippen LogP contribution in [0, 0.1) is 6.92 Å². The van der Waals surface area contributed by atoms with E-state index in [1.807, 2.05) is 31.3 Å². The first-order valence-corrected chi connectivity index (χ1v) is 4.93. The molecule has 0 radical (unpaired) electrons. The highest BCUT2D eigenvalue weighted by Gasteiger charge is 2.02. The lowest BCUT2D eigenvalue weighted by molar-refractivity contribution is 0.835. The van der Waals surface area contributed by atoms with Crippen molar-refractivity contribution in [1.82, 2.24) is 24.7 Å². The van der Waals surface area contributed by atoms with Crippen molar-refractivity contribution in [3.05, 3.63) is 42.5 Å². The average molecular weight is 211 g/mol. The van der Waals surface area contributed by atoms with Gasteiger partial charge in [-0.1, -0.05) is 0 Å². The quantitative estimate of drug-likeness (QED) is 0.612. The Hall–Kier alpha value is -2.30. The van der Waals surface area contributed by atoms with Gasteiger partial charge in [-0.2, -0.15) is 5.10 Å². The highest BCUT2D eigenvalue weighted by Crippen LogP contribution is 2.09. The van der Waals surface area contributed by atoms with E-state index in [2.05, 4.69) is 20.1 Å². The van der Waals surface area contributed by atoms with Crippen molar-refractivity contribution in [2.45, 2.75) is 6.92 Å². The molecule has 0 saturated carbocycles. The third-order valence-electron chi connectivity index (χ3n) is 2.27. The third kappa shape index (κ3) is 1.42. The lowest BCUT2D eigenvalue weighted by Gasteiger charge is -2.00. The van der Waals surface area contributed by atoms with Crippen LogP contribution in [0.5, 0.6) is 0 Å². The minimum absolute atomic E-state index is 0.633. The smallest absolute Gasteiger partial charge is 0.180 e. The van der Waals surface area contributed by atoms with E-state index in [4.69, 9.17) is 0 Å². The van der Waals surface area contributed by atoms with Crippen LogP contribution in [0.15, 0.2) is 36.8 Å². The van der Waals surface area contributed by atoms with Gasteiger partial charge in [0.15, 0.2) is 11.5 Å². The molecule has 0 aromatic carbocycles. The van der Waals surface area contributed by atoms with Gasteiger partial charge in [0.25, 0.3) is 0 Å². The summed E-state index contributed by atoms with van der Waals surface area (Å²) < 4.78 is 1.73. The normalized spacial score (nSPS) is 10.8. The second kappa shape index (κ2) is 3.37. The van der Waals surface area contributed by atoms with Crippen molar-refractivity contribution in [2.75, 3.05) is 0 Å². The predicted octanol–water partition coefficient (Wildman–Crippen LogP) is 1.52. The lowest BCUT2D eigenvalue weighted by atomic mass is 10.4. The van der Waals surface area contributed by atoms with Crippen LogP contribution in [0.3, 0.4) is 0 Å². The fraction of sp³-hybridized carbons (Fsp3) is 0.0909. The zero-order valence-corrected chi connectivity index (χ0v) is 8.70. The first-order chi connectivity index (χ1) is 7.83. The zero-order chi connectivity index (χ0) is 11.0. The number of nitrogens with zero attached hydrogens (tertiary/aromatic N) is 5. The molecule has 0 amide bonds. The third-order valence-corrected chi connectivity index (χ3v) is 2.27. The Morgan fingerprint density at radius 2 is 1.94 bits per heavy atom. The molecule has 3 aromatic rings. The first kappa shape index (κ1) is 8.96. The molecule has 5 heteroatoms. The van der Waals surface area contributed by atoms with Crippen molar-refractivity contribution in [1.29, 1.82) is 0 Å². The minimum atomic E-state index is 0.633. The molecule has 0 bridgehead atoms. The zero-order valence-electron chi connectivity index (χ0n) is 8.70. The van der Waals surface area contributed by atoms with Gasteiger partial charge in [-0.15, -0.1) is 0 Å². The van der Waals surface area contributed by atoms with Crippen LogP contribution in [0.4, 0.5) is 0 Å². The summed E-state index contributed by atoms with van der Waals surface area (Å²) in [5, 5.41) is 4.29. The molecule has 3 aromatic heterocycles. The maximum atomic E-state index is 4.39. The van der Waals surface area contributed by atoms with E-state index in [-0.39, 0.29) is 0 Å². The summed E-state index contributed by atoms with van der Waals surface area (Å²) in [5.74, 6) is 0.751. The van der Waals surface area contributed by atoms with Crippen LogP contribution in [0.25, 0.3) is 17.0 Å². The van der Waals surface area contributed by atoms with Crippen LogP contribution in [-0.2, 0) is 0 Å². The summed E-state index contributed by atoms with van der Waals surface area (Å²) in [5.41, 5.74) is 2.38. The maximum Gasteiger partial charge on any atom is 0.180 e. The number of rotatable bonds is 1. The minimum Gasteiger partial charge on any atom is -0.251 e. The van der Waals surface area contributed by atoms with Crippen molar-refractivity contribution in [3.63, 3.8) is 0 Å². The molecule has 0 spiro atoms. The molecule has 0 unspecified atom stereocenters. The number of pyridine rings is 1. The van der Waals surface area contributed by atoms with E-state index >= 15 is 0 Å². The van der Waals surface area contributed by atoms with E-state index in [0.29, 0.717) is 5.65 Å². The first-order valence-electron chi connectivity index (χ1n) is 4.93. The Labute approximate surface area is 91.8 Å². The Kier molecular flexibility index (Phi) is 1.89. The number of aromatic nitrogens is 5. The largest absolute Gasteiger partial charge is 0.251 e. The van der Waals surface area contributed by atoms with Gasteiger partial charge in [0.1, 0.15) is 5.52 Å². The highest BCUT2D eigenvalue weighted by molar-refractivity contribution is 5.69. The molecule has 3 heterocycles. The highest BCUT2D eigenvalue weighted by atomic mass is 15.3. The molecular formula is C11H9N5. The summed E-state index contributed by atoms with van der Waals surface area (Å²) in [4.78, 5) is 12.7. The van der Waals surface area contributed by atoms with Crippen LogP contribution < -0.4 is 0 Å². The molecule has 5 nitrogen and oxygen atoms in total. The van der Waals surface area contributed by atoms with Gasteiger partial charge in [0.05, 0.1) is 5.69 Å². The molecule has 0 N–H and O–H groups in total. The molecule has 0 atom stereocenters. The second-order valence-corrected chi connectivity index (χ2v) is 3.47. The lowest BCUT2D eigenvalue weighted by Crippen LogP contribution is -1.99. The van der Waals surface area contributed by atoms with E-state index in [1.165, 1.54) is 0 Å². The van der Waals surface area contributed by atoms with Crippen molar-refractivity contribution >= 4 is 11.2 Å². The second-order valence-electron chi connectivity index (χ2n) is 3.47. The number of hydrogen-bond acceptors (Lipinski definition) is 4. The summed E-state index contributed by atoms with van der Waals surface area (Å²) in [7, 11) is 0. The van der Waals surface area contributed by atoms with Crippen molar-refractivity contribution < 1.29 is 0 Å². The van der Waals surface area contributed by atoms with Crippen LogP contribution in [0.1, 0.15) is 5.69 Å². The van der Waals surface area contributed by atoms with Gasteiger partial charge >= 0.3 is 0 Å². The van der Waals surface area contributed by atoms with Crippen LogP contribution in [-0.4, -0.2) is 24.7 Å². The summed E-state index contributed by atoms with van der Waals surface area (Å²) in [6.45, 7) is 1.94. The standard InChI is InChI=1S/C11H9N5/c1-8-4-7-16(15-8)10-3-2-9-11(14-10)13-6-5-12-9/h2-7H,1H3. The van der Waals surface area contributed by atoms with Gasteiger partial charge in [0, 0.05) is 18.6 Å². The summed E-state index contributed by atoms with van der Waals surface area (Å²) >= 11 is 0. The monoisotopic (exact) mass is 211 g/mol. The summed E-state index contributed by atoms with van der Waals surface area (Å²) in [6, 6.07) is 5.70. The molecule has 0 aliphatic heterocycles. The van der Waals surface area contributed by atoms with Gasteiger partial charge < -0.3 is 0 Å². The predicted molar refractivity (Wildman–Crippen MR) is 59.2 cm³/mol.